The monoisotopic (exact) mass is 185 g/mol. The molecule has 1 aromatic rings. The second-order valence-corrected chi connectivity index (χ2v) is 2.48. The largest absolute Gasteiger partial charge is 0.386 e. The topological polar surface area (TPSA) is 61.9 Å². The Morgan fingerprint density at radius 2 is 2.15 bits per heavy atom. The molecule has 0 saturated carbocycles. The van der Waals surface area contributed by atoms with Crippen molar-refractivity contribution in [1.29, 1.82) is 5.41 Å². The molecule has 5 heteroatoms. The molecule has 0 unspecified atom stereocenters. The zero-order valence-corrected chi connectivity index (χ0v) is 6.77. The van der Waals surface area contributed by atoms with Crippen molar-refractivity contribution in [2.45, 2.75) is 0 Å². The predicted octanol–water partition coefficient (Wildman–Crippen LogP) is 1.31. The van der Waals surface area contributed by atoms with Crippen molar-refractivity contribution in [1.82, 2.24) is 0 Å². The third kappa shape index (κ3) is 2.40. The van der Waals surface area contributed by atoms with Gasteiger partial charge in [0.15, 0.2) is 11.6 Å². The van der Waals surface area contributed by atoms with Gasteiger partial charge in [0, 0.05) is 0 Å². The van der Waals surface area contributed by atoms with Crippen molar-refractivity contribution >= 4 is 11.5 Å². The quantitative estimate of drug-likeness (QED) is 0.491. The Balaban J connectivity index is 2.77. The van der Waals surface area contributed by atoms with Crippen LogP contribution in [0.25, 0.3) is 0 Å². The first kappa shape index (κ1) is 9.44. The molecule has 0 aliphatic heterocycles. The van der Waals surface area contributed by atoms with E-state index in [0.717, 1.165) is 6.07 Å². The second-order valence-electron chi connectivity index (χ2n) is 2.48. The number of nitrogens with one attached hydrogen (secondary N) is 2. The van der Waals surface area contributed by atoms with Crippen molar-refractivity contribution in [3.63, 3.8) is 0 Å². The molecule has 0 aromatic heterocycles. The fourth-order valence-electron chi connectivity index (χ4n) is 0.831. The highest BCUT2D eigenvalue weighted by Crippen LogP contribution is 2.15. The SMILES string of the molecule is N=C(N)CNc1cccc(F)c1F. The van der Waals surface area contributed by atoms with Crippen LogP contribution in [0.15, 0.2) is 18.2 Å². The minimum absolute atomic E-state index is 0.000370. The standard InChI is InChI=1S/C8H9F2N3/c9-5-2-1-3-6(8(5)10)13-4-7(11)12/h1-3,13H,4H2,(H3,11,12). The summed E-state index contributed by atoms with van der Waals surface area (Å²) < 4.78 is 25.5. The van der Waals surface area contributed by atoms with Gasteiger partial charge in [0.1, 0.15) is 5.84 Å². The highest BCUT2D eigenvalue weighted by Gasteiger charge is 2.06. The van der Waals surface area contributed by atoms with E-state index in [4.69, 9.17) is 11.1 Å². The molecule has 0 heterocycles. The van der Waals surface area contributed by atoms with E-state index in [1.54, 1.807) is 0 Å². The Morgan fingerprint density at radius 1 is 1.46 bits per heavy atom. The van der Waals surface area contributed by atoms with Crippen LogP contribution in [-0.2, 0) is 0 Å². The summed E-state index contributed by atoms with van der Waals surface area (Å²) in [7, 11) is 0. The van der Waals surface area contributed by atoms with E-state index in [9.17, 15) is 8.78 Å². The lowest BCUT2D eigenvalue weighted by Gasteiger charge is -2.05. The molecular formula is C8H9F2N3. The van der Waals surface area contributed by atoms with Gasteiger partial charge >= 0.3 is 0 Å². The van der Waals surface area contributed by atoms with Gasteiger partial charge in [-0.1, -0.05) is 6.07 Å². The normalized spacial score (nSPS) is 9.69. The number of rotatable bonds is 3. The fraction of sp³-hybridized carbons (Fsp3) is 0.125. The molecule has 0 aliphatic carbocycles. The maximum Gasteiger partial charge on any atom is 0.181 e. The van der Waals surface area contributed by atoms with Crippen molar-refractivity contribution in [3.05, 3.63) is 29.8 Å². The number of benzene rings is 1. The number of nitrogens with two attached hydrogens (primary N) is 1. The fourth-order valence-corrected chi connectivity index (χ4v) is 0.831. The Labute approximate surface area is 74.1 Å². The third-order valence-corrected chi connectivity index (χ3v) is 1.42. The van der Waals surface area contributed by atoms with Gasteiger partial charge in [-0.15, -0.1) is 0 Å². The van der Waals surface area contributed by atoms with E-state index in [1.165, 1.54) is 12.1 Å². The molecule has 0 atom stereocenters. The Kier molecular flexibility index (Phi) is 2.79. The minimum atomic E-state index is -0.955. The Bertz CT molecular complexity index is 325. The zero-order chi connectivity index (χ0) is 9.84. The number of hydrogen-bond acceptors (Lipinski definition) is 2. The lowest BCUT2D eigenvalue weighted by atomic mass is 10.3. The van der Waals surface area contributed by atoms with E-state index >= 15 is 0 Å². The van der Waals surface area contributed by atoms with Gasteiger partial charge in [-0.25, -0.2) is 8.78 Å². The minimum Gasteiger partial charge on any atom is -0.386 e. The van der Waals surface area contributed by atoms with Crippen LogP contribution in [-0.4, -0.2) is 12.4 Å². The molecule has 0 aliphatic rings. The lowest BCUT2D eigenvalue weighted by Crippen LogP contribution is -2.21. The highest BCUT2D eigenvalue weighted by molar-refractivity contribution is 5.81. The first-order valence-corrected chi connectivity index (χ1v) is 3.62. The summed E-state index contributed by atoms with van der Waals surface area (Å²) in [6.45, 7) is 0.000370. The van der Waals surface area contributed by atoms with Gasteiger partial charge in [-0.2, -0.15) is 0 Å². The van der Waals surface area contributed by atoms with E-state index in [0.29, 0.717) is 0 Å². The molecule has 0 fully saturated rings. The van der Waals surface area contributed by atoms with Crippen LogP contribution in [0.3, 0.4) is 0 Å². The summed E-state index contributed by atoms with van der Waals surface area (Å²) in [5.74, 6) is -2.01. The van der Waals surface area contributed by atoms with Crippen LogP contribution in [0, 0.1) is 17.0 Å². The zero-order valence-electron chi connectivity index (χ0n) is 6.77. The molecule has 1 rings (SSSR count). The van der Waals surface area contributed by atoms with Gasteiger partial charge in [0.2, 0.25) is 0 Å². The molecule has 0 saturated heterocycles. The van der Waals surface area contributed by atoms with Crippen LogP contribution in [0.1, 0.15) is 0 Å². The number of anilines is 1. The van der Waals surface area contributed by atoms with Gasteiger partial charge in [0.25, 0.3) is 0 Å². The number of hydrogen-bond donors (Lipinski definition) is 3. The second kappa shape index (κ2) is 3.84. The Morgan fingerprint density at radius 3 is 2.77 bits per heavy atom. The highest BCUT2D eigenvalue weighted by atomic mass is 19.2. The van der Waals surface area contributed by atoms with Crippen molar-refractivity contribution in [2.75, 3.05) is 11.9 Å². The van der Waals surface area contributed by atoms with Gasteiger partial charge in [-0.3, -0.25) is 5.41 Å². The van der Waals surface area contributed by atoms with Crippen LogP contribution >= 0.6 is 0 Å². The van der Waals surface area contributed by atoms with Gasteiger partial charge < -0.3 is 11.1 Å². The molecule has 1 aromatic carbocycles. The molecule has 0 spiro atoms. The lowest BCUT2D eigenvalue weighted by molar-refractivity contribution is 0.511. The Hall–Kier alpha value is -1.65. The van der Waals surface area contributed by atoms with Crippen LogP contribution in [0.2, 0.25) is 0 Å². The van der Waals surface area contributed by atoms with E-state index in [1.807, 2.05) is 0 Å². The van der Waals surface area contributed by atoms with Crippen LogP contribution < -0.4 is 11.1 Å². The average molecular weight is 185 g/mol. The van der Waals surface area contributed by atoms with Crippen molar-refractivity contribution in [2.24, 2.45) is 5.73 Å². The molecule has 0 bridgehead atoms. The third-order valence-electron chi connectivity index (χ3n) is 1.42. The molecule has 0 radical (unpaired) electrons. The first-order chi connectivity index (χ1) is 6.11. The van der Waals surface area contributed by atoms with Crippen molar-refractivity contribution in [3.8, 4) is 0 Å². The summed E-state index contributed by atoms with van der Waals surface area (Å²) in [4.78, 5) is 0. The number of amidine groups is 1. The van der Waals surface area contributed by atoms with Crippen LogP contribution in [0.5, 0.6) is 0 Å². The van der Waals surface area contributed by atoms with Crippen LogP contribution in [0.4, 0.5) is 14.5 Å². The summed E-state index contributed by atoms with van der Waals surface area (Å²) in [5, 5.41) is 9.36. The summed E-state index contributed by atoms with van der Waals surface area (Å²) in [6, 6.07) is 3.77. The van der Waals surface area contributed by atoms with E-state index in [2.05, 4.69) is 5.32 Å². The van der Waals surface area contributed by atoms with E-state index in [-0.39, 0.29) is 18.1 Å². The average Bonchev–Trinajstić information content (AvgIpc) is 2.07. The molecule has 13 heavy (non-hydrogen) atoms. The van der Waals surface area contributed by atoms with Gasteiger partial charge in [-0.05, 0) is 12.1 Å². The summed E-state index contributed by atoms with van der Waals surface area (Å²) in [6.07, 6.45) is 0. The smallest absolute Gasteiger partial charge is 0.181 e. The maximum absolute atomic E-state index is 12.9. The number of halogens is 2. The molecule has 70 valence electrons. The first-order valence-electron chi connectivity index (χ1n) is 3.62. The predicted molar refractivity (Wildman–Crippen MR) is 46.8 cm³/mol. The van der Waals surface area contributed by atoms with E-state index < -0.39 is 11.6 Å². The molecular weight excluding hydrogens is 176 g/mol. The summed E-state index contributed by atoms with van der Waals surface area (Å²) >= 11 is 0. The molecule has 0 amide bonds. The summed E-state index contributed by atoms with van der Waals surface area (Å²) in [5.41, 5.74) is 5.04. The molecule has 4 N–H and O–H groups in total. The molecule has 3 nitrogen and oxygen atoms in total. The van der Waals surface area contributed by atoms with Gasteiger partial charge in [0.05, 0.1) is 12.2 Å². The maximum atomic E-state index is 12.9. The van der Waals surface area contributed by atoms with Crippen molar-refractivity contribution < 1.29 is 8.78 Å².